The van der Waals surface area contributed by atoms with Gasteiger partial charge in [0.25, 0.3) is 5.69 Å². The highest BCUT2D eigenvalue weighted by molar-refractivity contribution is 6.32. The van der Waals surface area contributed by atoms with E-state index in [1.807, 2.05) is 54.1 Å². The van der Waals surface area contributed by atoms with E-state index in [0.29, 0.717) is 23.1 Å². The van der Waals surface area contributed by atoms with Crippen LogP contribution in [0.1, 0.15) is 139 Å². The maximum Gasteiger partial charge on any atom is 0.316 e. The van der Waals surface area contributed by atoms with Crippen LogP contribution in [0.2, 0.25) is 5.02 Å². The SMILES string of the molecule is CCCCCCCCCCCCCCCCOc1ccc(C(C)NC(=O)c2cccc[n+]2CCC)cc1Cl. The lowest BCUT2D eigenvalue weighted by Gasteiger charge is -2.16. The smallest absolute Gasteiger partial charge is 0.316 e. The summed E-state index contributed by atoms with van der Waals surface area (Å²) in [5.74, 6) is 0.633. The van der Waals surface area contributed by atoms with Crippen LogP contribution < -0.4 is 14.6 Å². The van der Waals surface area contributed by atoms with E-state index in [9.17, 15) is 4.79 Å². The predicted molar refractivity (Wildman–Crippen MR) is 160 cm³/mol. The normalized spacial score (nSPS) is 11.9. The minimum Gasteiger partial charge on any atom is -0.492 e. The van der Waals surface area contributed by atoms with Crippen molar-refractivity contribution in [1.82, 2.24) is 5.32 Å². The predicted octanol–water partition coefficient (Wildman–Crippen LogP) is 9.39. The molecule has 1 N–H and O–H groups in total. The Morgan fingerprint density at radius 1 is 0.842 bits per heavy atom. The molecular weight excluding hydrogens is 492 g/mol. The number of nitrogens with one attached hydrogen (secondary N) is 1. The Morgan fingerprint density at radius 3 is 2.03 bits per heavy atom. The van der Waals surface area contributed by atoms with E-state index in [4.69, 9.17) is 16.3 Å². The monoisotopic (exact) mass is 543 g/mol. The van der Waals surface area contributed by atoms with Crippen LogP contribution in [0.15, 0.2) is 42.6 Å². The lowest BCUT2D eigenvalue weighted by molar-refractivity contribution is -0.698. The Kier molecular flexibility index (Phi) is 16.9. The number of carbonyl (C=O) groups excluding carboxylic acids is 1. The van der Waals surface area contributed by atoms with E-state index in [0.717, 1.165) is 24.9 Å². The maximum atomic E-state index is 12.9. The van der Waals surface area contributed by atoms with Crippen molar-refractivity contribution >= 4 is 17.5 Å². The van der Waals surface area contributed by atoms with Crippen LogP contribution in [0.3, 0.4) is 0 Å². The van der Waals surface area contributed by atoms with Crippen LogP contribution in [-0.4, -0.2) is 12.5 Å². The summed E-state index contributed by atoms with van der Waals surface area (Å²) in [5.41, 5.74) is 1.63. The first-order valence-electron chi connectivity index (χ1n) is 15.3. The first-order chi connectivity index (χ1) is 18.6. The molecule has 1 amide bonds. The van der Waals surface area contributed by atoms with Crippen molar-refractivity contribution in [1.29, 1.82) is 0 Å². The quantitative estimate of drug-likeness (QED) is 0.126. The highest BCUT2D eigenvalue weighted by atomic mass is 35.5. The summed E-state index contributed by atoms with van der Waals surface area (Å²) in [6, 6.07) is 11.4. The third kappa shape index (κ3) is 12.7. The number of amides is 1. The molecule has 212 valence electrons. The second-order valence-electron chi connectivity index (χ2n) is 10.6. The summed E-state index contributed by atoms with van der Waals surface area (Å²) < 4.78 is 7.94. The number of aromatic nitrogens is 1. The zero-order chi connectivity index (χ0) is 27.4. The lowest BCUT2D eigenvalue weighted by atomic mass is 10.0. The molecule has 0 bridgehead atoms. The summed E-state index contributed by atoms with van der Waals surface area (Å²) in [7, 11) is 0. The fraction of sp³-hybridized carbons (Fsp3) is 0.636. The molecule has 4 nitrogen and oxygen atoms in total. The lowest BCUT2D eigenvalue weighted by Crippen LogP contribution is -2.43. The third-order valence-electron chi connectivity index (χ3n) is 7.20. The van der Waals surface area contributed by atoms with Crippen LogP contribution in [0.4, 0.5) is 0 Å². The van der Waals surface area contributed by atoms with Crippen LogP contribution in [0, 0.1) is 0 Å². The second kappa shape index (κ2) is 19.9. The highest BCUT2D eigenvalue weighted by Gasteiger charge is 2.20. The average molecular weight is 544 g/mol. The molecule has 5 heteroatoms. The van der Waals surface area contributed by atoms with Crippen molar-refractivity contribution in [3.05, 3.63) is 58.9 Å². The standard InChI is InChI=1S/C33H51ClN2O2/c1-4-6-7-8-9-10-11-12-13-14-15-16-17-20-26-38-32-23-22-29(27-30(32)34)28(3)35-33(37)31-21-18-19-25-36(31)24-5-2/h18-19,21-23,25,27-28H,4-17,20,24,26H2,1-3H3/p+1. The maximum absolute atomic E-state index is 12.9. The van der Waals surface area contributed by atoms with E-state index in [1.54, 1.807) is 0 Å². The molecule has 0 aliphatic carbocycles. The van der Waals surface area contributed by atoms with Gasteiger partial charge >= 0.3 is 5.91 Å². The molecule has 1 aromatic carbocycles. The molecule has 0 fully saturated rings. The van der Waals surface area contributed by atoms with E-state index in [1.165, 1.54) is 83.5 Å². The van der Waals surface area contributed by atoms with Gasteiger partial charge in [-0.05, 0) is 37.1 Å². The first-order valence-corrected chi connectivity index (χ1v) is 15.7. The molecule has 0 saturated heterocycles. The molecule has 0 radical (unpaired) electrons. The third-order valence-corrected chi connectivity index (χ3v) is 7.49. The van der Waals surface area contributed by atoms with Crippen LogP contribution >= 0.6 is 11.6 Å². The minimum atomic E-state index is -0.157. The number of halogens is 1. The highest BCUT2D eigenvalue weighted by Crippen LogP contribution is 2.28. The molecule has 2 rings (SSSR count). The van der Waals surface area contributed by atoms with Crippen molar-refractivity contribution in [3.8, 4) is 5.75 Å². The van der Waals surface area contributed by atoms with Gasteiger partial charge in [0, 0.05) is 18.6 Å². The minimum absolute atomic E-state index is 0.0826. The van der Waals surface area contributed by atoms with Gasteiger partial charge in [-0.15, -0.1) is 0 Å². The topological polar surface area (TPSA) is 42.2 Å². The van der Waals surface area contributed by atoms with Gasteiger partial charge in [0.2, 0.25) is 0 Å². The van der Waals surface area contributed by atoms with Gasteiger partial charge in [-0.2, -0.15) is 4.57 Å². The van der Waals surface area contributed by atoms with Crippen LogP contribution in [-0.2, 0) is 6.54 Å². The van der Waals surface area contributed by atoms with E-state index in [-0.39, 0.29) is 11.9 Å². The molecule has 0 saturated carbocycles. The number of aryl methyl sites for hydroxylation is 1. The molecule has 0 aliphatic heterocycles. The molecule has 38 heavy (non-hydrogen) atoms. The number of ether oxygens (including phenoxy) is 1. The molecule has 0 aliphatic rings. The number of rotatable bonds is 21. The molecule has 1 atom stereocenters. The van der Waals surface area contributed by atoms with Crippen molar-refractivity contribution in [2.45, 2.75) is 130 Å². The Bertz CT molecular complexity index is 918. The van der Waals surface area contributed by atoms with E-state index >= 15 is 0 Å². The number of nitrogens with zero attached hydrogens (tertiary/aromatic N) is 1. The zero-order valence-corrected chi connectivity index (χ0v) is 25.0. The number of hydrogen-bond acceptors (Lipinski definition) is 2. The van der Waals surface area contributed by atoms with Gasteiger partial charge < -0.3 is 10.1 Å². The summed E-state index contributed by atoms with van der Waals surface area (Å²) in [6.45, 7) is 7.87. The van der Waals surface area contributed by atoms with Gasteiger partial charge in [-0.25, -0.2) is 0 Å². The number of unbranched alkanes of at least 4 members (excludes halogenated alkanes) is 13. The van der Waals surface area contributed by atoms with E-state index in [2.05, 4.69) is 19.2 Å². The van der Waals surface area contributed by atoms with Gasteiger partial charge in [-0.1, -0.05) is 115 Å². The molecule has 1 heterocycles. The molecule has 1 aromatic heterocycles. The molecule has 2 aromatic rings. The zero-order valence-electron chi connectivity index (χ0n) is 24.3. The Hall–Kier alpha value is -2.07. The summed E-state index contributed by atoms with van der Waals surface area (Å²) in [5, 5.41) is 3.69. The van der Waals surface area contributed by atoms with Gasteiger partial charge in [0.1, 0.15) is 12.3 Å². The molecule has 1 unspecified atom stereocenters. The molecule has 0 spiro atoms. The van der Waals surface area contributed by atoms with Gasteiger partial charge in [0.15, 0.2) is 6.20 Å². The van der Waals surface area contributed by atoms with Crippen LogP contribution in [0.25, 0.3) is 0 Å². The number of benzene rings is 1. The largest absolute Gasteiger partial charge is 0.492 e. The summed E-state index contributed by atoms with van der Waals surface area (Å²) in [4.78, 5) is 12.9. The number of hydrogen-bond donors (Lipinski definition) is 1. The Balaban J connectivity index is 1.59. The first kappa shape index (κ1) is 32.1. The fourth-order valence-corrected chi connectivity index (χ4v) is 5.10. The van der Waals surface area contributed by atoms with Crippen molar-refractivity contribution in [3.63, 3.8) is 0 Å². The summed E-state index contributed by atoms with van der Waals surface area (Å²) >= 11 is 6.52. The van der Waals surface area contributed by atoms with Crippen molar-refractivity contribution in [2.24, 2.45) is 0 Å². The van der Waals surface area contributed by atoms with Gasteiger partial charge in [0.05, 0.1) is 17.7 Å². The molecular formula is C33H52ClN2O2+. The Morgan fingerprint density at radius 2 is 1.45 bits per heavy atom. The second-order valence-corrected chi connectivity index (χ2v) is 11.0. The number of pyridine rings is 1. The fourth-order valence-electron chi connectivity index (χ4n) is 4.85. The van der Waals surface area contributed by atoms with Gasteiger partial charge in [-0.3, -0.25) is 4.79 Å². The van der Waals surface area contributed by atoms with E-state index < -0.39 is 0 Å². The average Bonchev–Trinajstić information content (AvgIpc) is 2.92. The van der Waals surface area contributed by atoms with Crippen molar-refractivity contribution in [2.75, 3.05) is 6.61 Å². The Labute approximate surface area is 237 Å². The van der Waals surface area contributed by atoms with Crippen LogP contribution in [0.5, 0.6) is 5.75 Å². The number of carbonyl (C=O) groups is 1. The van der Waals surface area contributed by atoms with Crippen molar-refractivity contribution < 1.29 is 14.1 Å². The summed E-state index contributed by atoms with van der Waals surface area (Å²) in [6.07, 6.45) is 21.8.